The van der Waals surface area contributed by atoms with E-state index in [1.807, 2.05) is 12.3 Å². The minimum atomic E-state index is 0.225. The number of hydrogen-bond acceptors (Lipinski definition) is 3. The topological polar surface area (TPSA) is 34.1 Å². The molecule has 1 N–H and O–H groups in total. The van der Waals surface area contributed by atoms with E-state index in [0.29, 0.717) is 0 Å². The molecule has 0 bridgehead atoms. The normalized spacial score (nSPS) is 14.5. The Morgan fingerprint density at radius 2 is 2.05 bits per heavy atom. The first kappa shape index (κ1) is 14.0. The summed E-state index contributed by atoms with van der Waals surface area (Å²) in [4.78, 5) is 4.54. The van der Waals surface area contributed by atoms with Crippen molar-refractivity contribution in [3.63, 3.8) is 0 Å². The average molecular weight is 258 g/mol. The number of nitrogens with zero attached hydrogens (tertiary/aromatic N) is 1. The molecule has 3 heteroatoms. The van der Waals surface area contributed by atoms with Gasteiger partial charge in [0.1, 0.15) is 0 Å². The number of benzene rings is 1. The van der Waals surface area contributed by atoms with E-state index in [4.69, 9.17) is 4.74 Å². The summed E-state index contributed by atoms with van der Waals surface area (Å²) >= 11 is 0. The molecule has 0 saturated carbocycles. The Morgan fingerprint density at radius 3 is 2.79 bits per heavy atom. The Kier molecular flexibility index (Phi) is 4.88. The molecule has 2 atom stereocenters. The third kappa shape index (κ3) is 3.31. The van der Waals surface area contributed by atoms with Crippen molar-refractivity contribution in [2.24, 2.45) is 0 Å². The van der Waals surface area contributed by atoms with Crippen molar-refractivity contribution in [1.29, 1.82) is 0 Å². The SMILES string of the molecule is CCNC(CC(C)OC)c1cccc2cccnc12. The number of rotatable bonds is 6. The van der Waals surface area contributed by atoms with Gasteiger partial charge in [-0.25, -0.2) is 0 Å². The largest absolute Gasteiger partial charge is 0.382 e. The molecule has 2 rings (SSSR count). The Hall–Kier alpha value is -1.45. The highest BCUT2D eigenvalue weighted by molar-refractivity contribution is 5.82. The second-order valence-electron chi connectivity index (χ2n) is 4.81. The zero-order valence-electron chi connectivity index (χ0n) is 11.9. The lowest BCUT2D eigenvalue weighted by molar-refractivity contribution is 0.101. The maximum absolute atomic E-state index is 5.40. The van der Waals surface area contributed by atoms with Gasteiger partial charge in [-0.1, -0.05) is 31.2 Å². The predicted octanol–water partition coefficient (Wildman–Crippen LogP) is 3.31. The fraction of sp³-hybridized carbons (Fsp3) is 0.438. The van der Waals surface area contributed by atoms with Crippen LogP contribution in [0.15, 0.2) is 36.5 Å². The van der Waals surface area contributed by atoms with E-state index < -0.39 is 0 Å². The van der Waals surface area contributed by atoms with Gasteiger partial charge in [0.25, 0.3) is 0 Å². The van der Waals surface area contributed by atoms with Crippen LogP contribution >= 0.6 is 0 Å². The first-order valence-electron chi connectivity index (χ1n) is 6.86. The molecule has 19 heavy (non-hydrogen) atoms. The summed E-state index contributed by atoms with van der Waals surface area (Å²) in [5.41, 5.74) is 2.34. The molecule has 0 aliphatic heterocycles. The van der Waals surface area contributed by atoms with Gasteiger partial charge in [-0.2, -0.15) is 0 Å². The van der Waals surface area contributed by atoms with Crippen LogP contribution in [-0.2, 0) is 4.74 Å². The number of para-hydroxylation sites is 1. The molecule has 2 aromatic rings. The van der Waals surface area contributed by atoms with Gasteiger partial charge in [-0.3, -0.25) is 4.98 Å². The summed E-state index contributed by atoms with van der Waals surface area (Å²) in [6.45, 7) is 5.16. The molecule has 0 aliphatic carbocycles. The Morgan fingerprint density at radius 1 is 1.26 bits per heavy atom. The van der Waals surface area contributed by atoms with Crippen molar-refractivity contribution in [3.8, 4) is 0 Å². The van der Waals surface area contributed by atoms with E-state index in [1.165, 1.54) is 10.9 Å². The molecule has 0 amide bonds. The van der Waals surface area contributed by atoms with Gasteiger partial charge in [-0.05, 0) is 31.5 Å². The van der Waals surface area contributed by atoms with Crippen LogP contribution in [0, 0.1) is 0 Å². The second-order valence-corrected chi connectivity index (χ2v) is 4.81. The van der Waals surface area contributed by atoms with E-state index in [9.17, 15) is 0 Å². The van der Waals surface area contributed by atoms with Gasteiger partial charge < -0.3 is 10.1 Å². The second kappa shape index (κ2) is 6.64. The lowest BCUT2D eigenvalue weighted by atomic mass is 9.98. The number of nitrogens with one attached hydrogen (secondary N) is 1. The molecule has 0 aliphatic rings. The fourth-order valence-corrected chi connectivity index (χ4v) is 2.40. The van der Waals surface area contributed by atoms with Crippen molar-refractivity contribution in [2.75, 3.05) is 13.7 Å². The number of ether oxygens (including phenoxy) is 1. The average Bonchev–Trinajstić information content (AvgIpc) is 2.46. The zero-order valence-corrected chi connectivity index (χ0v) is 11.9. The molecule has 1 aromatic heterocycles. The summed E-state index contributed by atoms with van der Waals surface area (Å²) < 4.78 is 5.40. The smallest absolute Gasteiger partial charge is 0.0749 e. The van der Waals surface area contributed by atoms with E-state index in [-0.39, 0.29) is 12.1 Å². The van der Waals surface area contributed by atoms with Gasteiger partial charge >= 0.3 is 0 Å². The van der Waals surface area contributed by atoms with Gasteiger partial charge in [0.2, 0.25) is 0 Å². The van der Waals surface area contributed by atoms with Crippen LogP contribution < -0.4 is 5.32 Å². The van der Waals surface area contributed by atoms with Crippen LogP contribution in [0.25, 0.3) is 10.9 Å². The molecule has 102 valence electrons. The summed E-state index contributed by atoms with van der Waals surface area (Å²) in [7, 11) is 1.76. The zero-order chi connectivity index (χ0) is 13.7. The maximum Gasteiger partial charge on any atom is 0.0749 e. The molecular formula is C16H22N2O. The van der Waals surface area contributed by atoms with Crippen molar-refractivity contribution in [1.82, 2.24) is 10.3 Å². The molecule has 1 heterocycles. The fourth-order valence-electron chi connectivity index (χ4n) is 2.40. The molecule has 0 saturated heterocycles. The summed E-state index contributed by atoms with van der Waals surface area (Å²) in [5, 5.41) is 4.72. The number of fused-ring (bicyclic) bond motifs is 1. The molecule has 0 spiro atoms. The lowest BCUT2D eigenvalue weighted by Crippen LogP contribution is -2.25. The Labute approximate surface area is 115 Å². The van der Waals surface area contributed by atoms with Crippen molar-refractivity contribution in [3.05, 3.63) is 42.1 Å². The summed E-state index contributed by atoms with van der Waals surface area (Å²) in [6.07, 6.45) is 3.03. The minimum absolute atomic E-state index is 0.225. The van der Waals surface area contributed by atoms with Gasteiger partial charge in [0, 0.05) is 24.7 Å². The lowest BCUT2D eigenvalue weighted by Gasteiger charge is -2.22. The standard InChI is InChI=1S/C16H22N2O/c1-4-17-15(11-12(2)19-3)14-9-5-7-13-8-6-10-18-16(13)14/h5-10,12,15,17H,4,11H2,1-3H3. The summed E-state index contributed by atoms with van der Waals surface area (Å²) in [5.74, 6) is 0. The van der Waals surface area contributed by atoms with Crippen molar-refractivity contribution in [2.45, 2.75) is 32.4 Å². The number of aromatic nitrogens is 1. The van der Waals surface area contributed by atoms with E-state index >= 15 is 0 Å². The monoisotopic (exact) mass is 258 g/mol. The van der Waals surface area contributed by atoms with Crippen molar-refractivity contribution < 1.29 is 4.74 Å². The first-order valence-corrected chi connectivity index (χ1v) is 6.86. The highest BCUT2D eigenvalue weighted by atomic mass is 16.5. The van der Waals surface area contributed by atoms with Gasteiger partial charge in [0.15, 0.2) is 0 Å². The summed E-state index contributed by atoms with van der Waals surface area (Å²) in [6, 6.07) is 10.7. The maximum atomic E-state index is 5.40. The first-order chi connectivity index (χ1) is 9.26. The third-order valence-corrected chi connectivity index (χ3v) is 3.46. The van der Waals surface area contributed by atoms with E-state index in [0.717, 1.165) is 18.5 Å². The molecule has 0 fully saturated rings. The number of pyridine rings is 1. The highest BCUT2D eigenvalue weighted by Crippen LogP contribution is 2.26. The van der Waals surface area contributed by atoms with Crippen molar-refractivity contribution >= 4 is 10.9 Å². The third-order valence-electron chi connectivity index (χ3n) is 3.46. The minimum Gasteiger partial charge on any atom is -0.382 e. The Bertz CT molecular complexity index is 522. The molecule has 2 unspecified atom stereocenters. The van der Waals surface area contributed by atoms with Crippen LogP contribution in [0.4, 0.5) is 0 Å². The van der Waals surface area contributed by atoms with Crippen LogP contribution in [0.3, 0.4) is 0 Å². The van der Waals surface area contributed by atoms with Gasteiger partial charge in [-0.15, -0.1) is 0 Å². The Balaban J connectivity index is 2.38. The van der Waals surface area contributed by atoms with Crippen LogP contribution in [0.5, 0.6) is 0 Å². The van der Waals surface area contributed by atoms with E-state index in [1.54, 1.807) is 7.11 Å². The number of hydrogen-bond donors (Lipinski definition) is 1. The molecule has 1 aromatic carbocycles. The van der Waals surface area contributed by atoms with Crippen LogP contribution in [0.1, 0.15) is 31.9 Å². The highest BCUT2D eigenvalue weighted by Gasteiger charge is 2.16. The molecule has 3 nitrogen and oxygen atoms in total. The van der Waals surface area contributed by atoms with E-state index in [2.05, 4.69) is 48.4 Å². The van der Waals surface area contributed by atoms with Gasteiger partial charge in [0.05, 0.1) is 11.6 Å². The number of methoxy groups -OCH3 is 1. The molecule has 0 radical (unpaired) electrons. The van der Waals surface area contributed by atoms with Crippen LogP contribution in [-0.4, -0.2) is 24.7 Å². The quantitative estimate of drug-likeness (QED) is 0.863. The molecular weight excluding hydrogens is 236 g/mol. The predicted molar refractivity (Wildman–Crippen MR) is 79.2 cm³/mol. The van der Waals surface area contributed by atoms with Crippen LogP contribution in [0.2, 0.25) is 0 Å².